The number of pyridine rings is 1. The smallest absolute Gasteiger partial charge is 0.121 e. The van der Waals surface area contributed by atoms with Gasteiger partial charge in [0.2, 0.25) is 0 Å². The van der Waals surface area contributed by atoms with Gasteiger partial charge in [0.25, 0.3) is 0 Å². The third-order valence-corrected chi connectivity index (χ3v) is 2.27. The zero-order valence-corrected chi connectivity index (χ0v) is 9.16. The molecule has 1 heterocycles. The fraction of sp³-hybridized carbons (Fsp3) is 0.308. The lowest BCUT2D eigenvalue weighted by atomic mass is 10.2. The van der Waals surface area contributed by atoms with E-state index in [2.05, 4.69) is 24.0 Å². The molecule has 0 fully saturated rings. The number of fused-ring (bicyclic) bond motifs is 1. The molecular formula is C13H15NO. The maximum absolute atomic E-state index is 5.55. The number of rotatable bonds is 3. The van der Waals surface area contributed by atoms with Gasteiger partial charge < -0.3 is 4.74 Å². The maximum atomic E-state index is 5.55. The Hall–Kier alpha value is -1.57. The molecule has 0 amide bonds. The maximum Gasteiger partial charge on any atom is 0.121 e. The lowest BCUT2D eigenvalue weighted by Gasteiger charge is -2.05. The Bertz CT molecular complexity index is 465. The van der Waals surface area contributed by atoms with Crippen LogP contribution in [0.3, 0.4) is 0 Å². The van der Waals surface area contributed by atoms with E-state index in [4.69, 9.17) is 4.74 Å². The van der Waals surface area contributed by atoms with Gasteiger partial charge in [0, 0.05) is 17.6 Å². The fourth-order valence-electron chi connectivity index (χ4n) is 1.52. The van der Waals surface area contributed by atoms with Gasteiger partial charge in [-0.2, -0.15) is 0 Å². The van der Waals surface area contributed by atoms with Crippen LogP contribution in [0.2, 0.25) is 0 Å². The van der Waals surface area contributed by atoms with E-state index < -0.39 is 0 Å². The molecular weight excluding hydrogens is 186 g/mol. The molecule has 1 aromatic heterocycles. The summed E-state index contributed by atoms with van der Waals surface area (Å²) in [6, 6.07) is 8.18. The molecule has 2 nitrogen and oxygen atoms in total. The molecule has 78 valence electrons. The summed E-state index contributed by atoms with van der Waals surface area (Å²) in [7, 11) is 0. The second kappa shape index (κ2) is 4.30. The van der Waals surface area contributed by atoms with Crippen LogP contribution in [0, 0.1) is 6.92 Å². The van der Waals surface area contributed by atoms with Crippen LogP contribution in [0.25, 0.3) is 10.9 Å². The number of hydrogen-bond acceptors (Lipinski definition) is 2. The van der Waals surface area contributed by atoms with Gasteiger partial charge >= 0.3 is 0 Å². The van der Waals surface area contributed by atoms with Crippen molar-refractivity contribution in [3.63, 3.8) is 0 Å². The minimum absolute atomic E-state index is 0.761. The molecule has 2 aromatic rings. The minimum Gasteiger partial charge on any atom is -0.494 e. The van der Waals surface area contributed by atoms with E-state index in [0.717, 1.165) is 24.3 Å². The van der Waals surface area contributed by atoms with Crippen molar-refractivity contribution in [3.8, 4) is 5.75 Å². The molecule has 0 spiro atoms. The van der Waals surface area contributed by atoms with Crippen LogP contribution in [-0.2, 0) is 0 Å². The summed E-state index contributed by atoms with van der Waals surface area (Å²) in [4.78, 5) is 4.37. The summed E-state index contributed by atoms with van der Waals surface area (Å²) in [5.74, 6) is 0.903. The average molecular weight is 201 g/mol. The van der Waals surface area contributed by atoms with Crippen molar-refractivity contribution in [1.82, 2.24) is 4.98 Å². The molecule has 0 unspecified atom stereocenters. The Kier molecular flexibility index (Phi) is 2.86. The SMILES string of the molecule is CCCOc1ccc2cc(C)cnc2c1. The van der Waals surface area contributed by atoms with Crippen molar-refractivity contribution >= 4 is 10.9 Å². The van der Waals surface area contributed by atoms with E-state index in [1.165, 1.54) is 10.9 Å². The van der Waals surface area contributed by atoms with E-state index in [0.29, 0.717) is 0 Å². The van der Waals surface area contributed by atoms with Crippen molar-refractivity contribution in [2.75, 3.05) is 6.61 Å². The highest BCUT2D eigenvalue weighted by Crippen LogP contribution is 2.19. The van der Waals surface area contributed by atoms with Crippen LogP contribution in [0.15, 0.2) is 30.5 Å². The van der Waals surface area contributed by atoms with E-state index in [1.807, 2.05) is 25.3 Å². The lowest BCUT2D eigenvalue weighted by Crippen LogP contribution is -1.94. The number of nitrogens with zero attached hydrogens (tertiary/aromatic N) is 1. The zero-order valence-electron chi connectivity index (χ0n) is 9.16. The summed E-state index contributed by atoms with van der Waals surface area (Å²) in [5.41, 5.74) is 2.18. The molecule has 2 heteroatoms. The highest BCUT2D eigenvalue weighted by Gasteiger charge is 1.98. The molecule has 0 atom stereocenters. The molecule has 2 rings (SSSR count). The first-order chi connectivity index (χ1) is 7.29. The van der Waals surface area contributed by atoms with Crippen molar-refractivity contribution in [2.24, 2.45) is 0 Å². The fourth-order valence-corrected chi connectivity index (χ4v) is 1.52. The van der Waals surface area contributed by atoms with Gasteiger partial charge in [-0.1, -0.05) is 6.92 Å². The number of hydrogen-bond donors (Lipinski definition) is 0. The van der Waals surface area contributed by atoms with E-state index in [1.54, 1.807) is 0 Å². The number of aromatic nitrogens is 1. The predicted molar refractivity (Wildman–Crippen MR) is 62.3 cm³/mol. The summed E-state index contributed by atoms with van der Waals surface area (Å²) in [6.45, 7) is 4.91. The molecule has 0 radical (unpaired) electrons. The predicted octanol–water partition coefficient (Wildman–Crippen LogP) is 3.33. The second-order valence-corrected chi connectivity index (χ2v) is 3.72. The molecule has 0 N–H and O–H groups in total. The summed E-state index contributed by atoms with van der Waals surface area (Å²) in [5, 5.41) is 1.17. The van der Waals surface area contributed by atoms with Crippen LogP contribution in [0.5, 0.6) is 5.75 Å². The molecule has 0 aliphatic heterocycles. The van der Waals surface area contributed by atoms with Crippen LogP contribution in [0.1, 0.15) is 18.9 Å². The first kappa shape index (κ1) is 9.97. The van der Waals surface area contributed by atoms with Crippen LogP contribution < -0.4 is 4.74 Å². The van der Waals surface area contributed by atoms with E-state index >= 15 is 0 Å². The molecule has 15 heavy (non-hydrogen) atoms. The van der Waals surface area contributed by atoms with Gasteiger partial charge in [0.05, 0.1) is 12.1 Å². The van der Waals surface area contributed by atoms with E-state index in [9.17, 15) is 0 Å². The number of benzene rings is 1. The Morgan fingerprint density at radius 2 is 2.13 bits per heavy atom. The van der Waals surface area contributed by atoms with Gasteiger partial charge in [0.15, 0.2) is 0 Å². The van der Waals surface area contributed by atoms with Gasteiger partial charge in [-0.25, -0.2) is 0 Å². The van der Waals surface area contributed by atoms with Crippen LogP contribution in [0.4, 0.5) is 0 Å². The zero-order chi connectivity index (χ0) is 10.7. The van der Waals surface area contributed by atoms with E-state index in [-0.39, 0.29) is 0 Å². The second-order valence-electron chi connectivity index (χ2n) is 3.72. The largest absolute Gasteiger partial charge is 0.494 e. The molecule has 1 aromatic carbocycles. The van der Waals surface area contributed by atoms with Crippen molar-refractivity contribution in [1.29, 1.82) is 0 Å². The van der Waals surface area contributed by atoms with Crippen molar-refractivity contribution < 1.29 is 4.74 Å². The molecule has 0 bridgehead atoms. The van der Waals surface area contributed by atoms with Crippen molar-refractivity contribution in [2.45, 2.75) is 20.3 Å². The lowest BCUT2D eigenvalue weighted by molar-refractivity contribution is 0.318. The van der Waals surface area contributed by atoms with Gasteiger partial charge in [0.1, 0.15) is 5.75 Å². The van der Waals surface area contributed by atoms with Crippen molar-refractivity contribution in [3.05, 3.63) is 36.0 Å². The number of ether oxygens (including phenoxy) is 1. The number of aryl methyl sites for hydroxylation is 1. The third kappa shape index (κ3) is 2.27. The van der Waals surface area contributed by atoms with Gasteiger partial charge in [-0.3, -0.25) is 4.98 Å². The van der Waals surface area contributed by atoms with Crippen LogP contribution >= 0.6 is 0 Å². The van der Waals surface area contributed by atoms with Gasteiger partial charge in [-0.05, 0) is 37.1 Å². The normalized spacial score (nSPS) is 10.5. The monoisotopic (exact) mass is 201 g/mol. The summed E-state index contributed by atoms with van der Waals surface area (Å²) in [6.07, 6.45) is 2.91. The highest BCUT2D eigenvalue weighted by atomic mass is 16.5. The molecule has 0 aliphatic rings. The highest BCUT2D eigenvalue weighted by molar-refractivity contribution is 5.80. The molecule has 0 saturated heterocycles. The Morgan fingerprint density at radius 3 is 2.93 bits per heavy atom. The topological polar surface area (TPSA) is 22.1 Å². The minimum atomic E-state index is 0.761. The Balaban J connectivity index is 2.34. The molecule has 0 saturated carbocycles. The third-order valence-electron chi connectivity index (χ3n) is 2.27. The first-order valence-corrected chi connectivity index (χ1v) is 5.29. The molecule has 0 aliphatic carbocycles. The average Bonchev–Trinajstić information content (AvgIpc) is 2.26. The summed E-state index contributed by atoms with van der Waals surface area (Å²) >= 11 is 0. The Labute approximate surface area is 89.9 Å². The standard InChI is InChI=1S/C13H15NO/c1-3-6-15-12-5-4-11-7-10(2)9-14-13(11)8-12/h4-5,7-9H,3,6H2,1-2H3. The van der Waals surface area contributed by atoms with Gasteiger partial charge in [-0.15, -0.1) is 0 Å². The quantitative estimate of drug-likeness (QED) is 0.759. The van der Waals surface area contributed by atoms with Crippen LogP contribution in [-0.4, -0.2) is 11.6 Å². The summed E-state index contributed by atoms with van der Waals surface area (Å²) < 4.78 is 5.55. The Morgan fingerprint density at radius 1 is 1.27 bits per heavy atom. The first-order valence-electron chi connectivity index (χ1n) is 5.29.